The molecule has 7 heteroatoms. The molecule has 0 aliphatic carbocycles. The van der Waals surface area contributed by atoms with Gasteiger partial charge < -0.3 is 4.74 Å². The Labute approximate surface area is 115 Å². The molecule has 0 saturated carbocycles. The van der Waals surface area contributed by atoms with Crippen LogP contribution in [0.2, 0.25) is 0 Å². The molecule has 1 unspecified atom stereocenters. The average molecular weight is 299 g/mol. The van der Waals surface area contributed by atoms with Crippen LogP contribution in [0.25, 0.3) is 0 Å². The fraction of sp³-hybridized carbons (Fsp3) is 1.00. The molecule has 1 heterocycles. The third kappa shape index (κ3) is 5.40. The van der Waals surface area contributed by atoms with E-state index in [1.807, 2.05) is 0 Å². The van der Waals surface area contributed by atoms with Gasteiger partial charge in [0.1, 0.15) is 0 Å². The van der Waals surface area contributed by atoms with Crippen molar-refractivity contribution in [3.05, 3.63) is 0 Å². The van der Waals surface area contributed by atoms with Crippen molar-refractivity contribution in [1.82, 2.24) is 9.03 Å². The highest BCUT2D eigenvalue weighted by Crippen LogP contribution is 2.17. The van der Waals surface area contributed by atoms with E-state index in [1.54, 1.807) is 7.11 Å². The molecule has 0 spiro atoms. The number of halogens is 1. The number of hydrogen-bond acceptors (Lipinski definition) is 3. The Bertz CT molecular complexity index is 329. The number of hydrogen-bond donors (Lipinski definition) is 1. The monoisotopic (exact) mass is 298 g/mol. The summed E-state index contributed by atoms with van der Waals surface area (Å²) in [7, 11) is -1.76. The van der Waals surface area contributed by atoms with Gasteiger partial charge in [0.25, 0.3) is 10.2 Å². The van der Waals surface area contributed by atoms with Gasteiger partial charge in [-0.1, -0.05) is 6.92 Å². The molecule has 1 aliphatic rings. The fourth-order valence-electron chi connectivity index (χ4n) is 1.93. The van der Waals surface area contributed by atoms with Crippen molar-refractivity contribution >= 4 is 21.8 Å². The number of nitrogens with zero attached hydrogens (tertiary/aromatic N) is 1. The van der Waals surface area contributed by atoms with Crippen LogP contribution in [0.5, 0.6) is 0 Å². The Morgan fingerprint density at radius 3 is 2.61 bits per heavy atom. The first-order chi connectivity index (χ1) is 8.45. The lowest BCUT2D eigenvalue weighted by Gasteiger charge is -2.29. The Balaban J connectivity index is 2.31. The summed E-state index contributed by atoms with van der Waals surface area (Å²) in [6.07, 6.45) is 2.43. The van der Waals surface area contributed by atoms with Gasteiger partial charge in [-0.25, -0.2) is 4.72 Å². The van der Waals surface area contributed by atoms with Gasteiger partial charge in [0.05, 0.1) is 12.0 Å². The van der Waals surface area contributed by atoms with Gasteiger partial charge in [-0.05, 0) is 25.2 Å². The number of nitrogens with one attached hydrogen (secondary N) is 1. The normalized spacial score (nSPS) is 21.1. The molecule has 0 aromatic heterocycles. The molecule has 1 aliphatic heterocycles. The van der Waals surface area contributed by atoms with Crippen LogP contribution in [-0.2, 0) is 14.9 Å². The van der Waals surface area contributed by atoms with Crippen LogP contribution in [0.15, 0.2) is 0 Å². The Morgan fingerprint density at radius 1 is 1.44 bits per heavy atom. The topological polar surface area (TPSA) is 58.6 Å². The molecule has 1 atom stereocenters. The third-order valence-corrected chi connectivity index (χ3v) is 5.13. The molecule has 1 fully saturated rings. The lowest BCUT2D eigenvalue weighted by molar-refractivity contribution is 0.195. The molecule has 108 valence electrons. The van der Waals surface area contributed by atoms with E-state index in [9.17, 15) is 8.42 Å². The number of rotatable bonds is 7. The minimum Gasteiger partial charge on any atom is -0.383 e. The third-order valence-electron chi connectivity index (χ3n) is 3.17. The predicted molar refractivity (Wildman–Crippen MR) is 73.0 cm³/mol. The Morgan fingerprint density at radius 2 is 2.06 bits per heavy atom. The first-order valence-electron chi connectivity index (χ1n) is 6.33. The lowest BCUT2D eigenvalue weighted by atomic mass is 10.0. The van der Waals surface area contributed by atoms with Crippen LogP contribution in [-0.4, -0.2) is 51.5 Å². The number of methoxy groups -OCH3 is 1. The molecule has 5 nitrogen and oxygen atoms in total. The summed E-state index contributed by atoms with van der Waals surface area (Å²) in [5, 5.41) is -0.154. The Hall–Kier alpha value is 0.120. The van der Waals surface area contributed by atoms with Gasteiger partial charge in [-0.3, -0.25) is 0 Å². The maximum Gasteiger partial charge on any atom is 0.279 e. The standard InChI is InChI=1S/C11H23ClN2O3S/c1-10-4-7-14(8-5-10)18(15,16)13-6-3-11(12)9-17-2/h10-11,13H,3-9H2,1-2H3. The summed E-state index contributed by atoms with van der Waals surface area (Å²) >= 11 is 5.94. The van der Waals surface area contributed by atoms with Crippen molar-refractivity contribution in [3.63, 3.8) is 0 Å². The van der Waals surface area contributed by atoms with E-state index in [4.69, 9.17) is 16.3 Å². The molecule has 1 N–H and O–H groups in total. The molecule has 0 aromatic rings. The number of piperidine rings is 1. The minimum absolute atomic E-state index is 0.154. The van der Waals surface area contributed by atoms with Crippen molar-refractivity contribution in [2.75, 3.05) is 33.4 Å². The van der Waals surface area contributed by atoms with Crippen LogP contribution >= 0.6 is 11.6 Å². The van der Waals surface area contributed by atoms with E-state index in [2.05, 4.69) is 11.6 Å². The second-order valence-electron chi connectivity index (χ2n) is 4.82. The van der Waals surface area contributed by atoms with Gasteiger partial charge in [0, 0.05) is 26.7 Å². The van der Waals surface area contributed by atoms with Gasteiger partial charge in [-0.2, -0.15) is 12.7 Å². The van der Waals surface area contributed by atoms with Crippen molar-refractivity contribution in [2.24, 2.45) is 5.92 Å². The molecule has 0 aromatic carbocycles. The number of ether oxygens (including phenoxy) is 1. The predicted octanol–water partition coefficient (Wildman–Crippen LogP) is 1.20. The molecule has 0 bridgehead atoms. The largest absolute Gasteiger partial charge is 0.383 e. The zero-order valence-electron chi connectivity index (χ0n) is 11.1. The zero-order valence-corrected chi connectivity index (χ0v) is 12.6. The van der Waals surface area contributed by atoms with Gasteiger partial charge in [0.2, 0.25) is 0 Å². The average Bonchev–Trinajstić information content (AvgIpc) is 2.29. The summed E-state index contributed by atoms with van der Waals surface area (Å²) in [4.78, 5) is 0. The SMILES string of the molecule is COCC(Cl)CCNS(=O)(=O)N1CCC(C)CC1. The summed E-state index contributed by atoms with van der Waals surface area (Å²) in [6.45, 7) is 4.16. The fourth-order valence-corrected chi connectivity index (χ4v) is 3.41. The van der Waals surface area contributed by atoms with Gasteiger partial charge in [-0.15, -0.1) is 11.6 Å². The first kappa shape index (κ1) is 16.2. The molecule has 1 rings (SSSR count). The quantitative estimate of drug-likeness (QED) is 0.719. The Kier molecular flexibility index (Phi) is 6.87. The number of alkyl halides is 1. The molecule has 0 amide bonds. The lowest BCUT2D eigenvalue weighted by Crippen LogP contribution is -2.45. The molecule has 1 saturated heterocycles. The summed E-state index contributed by atoms with van der Waals surface area (Å²) < 4.78 is 33.0. The van der Waals surface area contributed by atoms with Crippen LogP contribution < -0.4 is 4.72 Å². The van der Waals surface area contributed by atoms with Crippen molar-refractivity contribution in [2.45, 2.75) is 31.6 Å². The summed E-state index contributed by atoms with van der Waals surface area (Å²) in [5.74, 6) is 0.616. The zero-order chi connectivity index (χ0) is 13.6. The smallest absolute Gasteiger partial charge is 0.279 e. The first-order valence-corrected chi connectivity index (χ1v) is 8.21. The highest BCUT2D eigenvalue weighted by molar-refractivity contribution is 7.87. The van der Waals surface area contributed by atoms with E-state index < -0.39 is 10.2 Å². The molecular formula is C11H23ClN2O3S. The van der Waals surface area contributed by atoms with Crippen molar-refractivity contribution < 1.29 is 13.2 Å². The van der Waals surface area contributed by atoms with Crippen LogP contribution in [0.4, 0.5) is 0 Å². The van der Waals surface area contributed by atoms with Crippen molar-refractivity contribution in [3.8, 4) is 0 Å². The second kappa shape index (κ2) is 7.65. The van der Waals surface area contributed by atoms with E-state index in [-0.39, 0.29) is 5.38 Å². The maximum atomic E-state index is 12.0. The van der Waals surface area contributed by atoms with Crippen molar-refractivity contribution in [1.29, 1.82) is 0 Å². The highest BCUT2D eigenvalue weighted by atomic mass is 35.5. The minimum atomic E-state index is -3.33. The highest BCUT2D eigenvalue weighted by Gasteiger charge is 2.25. The van der Waals surface area contributed by atoms with E-state index in [1.165, 1.54) is 4.31 Å². The molecule has 0 radical (unpaired) electrons. The van der Waals surface area contributed by atoms with Gasteiger partial charge >= 0.3 is 0 Å². The summed E-state index contributed by atoms with van der Waals surface area (Å²) in [5.41, 5.74) is 0. The van der Waals surface area contributed by atoms with Crippen LogP contribution in [0.3, 0.4) is 0 Å². The van der Waals surface area contributed by atoms with E-state index in [0.717, 1.165) is 12.8 Å². The van der Waals surface area contributed by atoms with E-state index in [0.29, 0.717) is 38.6 Å². The second-order valence-corrected chi connectivity index (χ2v) is 7.19. The summed E-state index contributed by atoms with van der Waals surface area (Å²) in [6, 6.07) is 0. The van der Waals surface area contributed by atoms with Crippen LogP contribution in [0, 0.1) is 5.92 Å². The van der Waals surface area contributed by atoms with E-state index >= 15 is 0 Å². The maximum absolute atomic E-state index is 12.0. The van der Waals surface area contributed by atoms with Crippen LogP contribution in [0.1, 0.15) is 26.2 Å². The molecular weight excluding hydrogens is 276 g/mol. The molecule has 18 heavy (non-hydrogen) atoms. The van der Waals surface area contributed by atoms with Gasteiger partial charge in [0.15, 0.2) is 0 Å².